The molecule has 0 saturated heterocycles. The molecule has 558 valence electrons. The van der Waals surface area contributed by atoms with Gasteiger partial charge in [-0.2, -0.15) is 0 Å². The highest BCUT2D eigenvalue weighted by molar-refractivity contribution is 5.86. The fraction of sp³-hybridized carbons (Fsp3) is 0.0708. The third-order valence-electron chi connectivity index (χ3n) is 22.2. The summed E-state index contributed by atoms with van der Waals surface area (Å²) in [7, 11) is 0. The van der Waals surface area contributed by atoms with Crippen molar-refractivity contribution in [3.63, 3.8) is 0 Å². The van der Waals surface area contributed by atoms with Gasteiger partial charge in [0, 0.05) is 33.4 Å². The van der Waals surface area contributed by atoms with E-state index in [9.17, 15) is 0 Å². The molecule has 0 aliphatic carbocycles. The molecule has 0 amide bonds. The van der Waals surface area contributed by atoms with Crippen molar-refractivity contribution in [3.05, 3.63) is 451 Å². The van der Waals surface area contributed by atoms with Crippen molar-refractivity contribution < 1.29 is 0 Å². The zero-order valence-corrected chi connectivity index (χ0v) is 67.0. The minimum absolute atomic E-state index is 0.973. The molecule has 18 rings (SSSR count). The Morgan fingerprint density at radius 1 is 0.138 bits per heavy atom. The largest absolute Gasteiger partial charge is 0.248 e. The van der Waals surface area contributed by atoms with E-state index in [0.717, 1.165) is 84.2 Å². The van der Waals surface area contributed by atoms with E-state index < -0.39 is 0 Å². The highest BCUT2D eigenvalue weighted by Gasteiger charge is 2.18. The maximum Gasteiger partial charge on any atom is 0.0715 e. The van der Waals surface area contributed by atoms with Gasteiger partial charge in [0.05, 0.1) is 34.2 Å². The summed E-state index contributed by atoms with van der Waals surface area (Å²) in [5, 5.41) is 0. The first kappa shape index (κ1) is 75.8. The lowest BCUT2D eigenvalue weighted by molar-refractivity contribution is 1.24. The summed E-state index contributed by atoms with van der Waals surface area (Å²) < 4.78 is 0. The third kappa shape index (κ3) is 17.5. The van der Waals surface area contributed by atoms with E-state index in [1.54, 1.807) is 0 Å². The predicted octanol–water partition coefficient (Wildman–Crippen LogP) is 30.7. The Morgan fingerprint density at radius 2 is 0.353 bits per heavy atom. The molecule has 0 bridgehead atoms. The molecule has 3 nitrogen and oxygen atoms in total. The normalized spacial score (nSPS) is 10.9. The van der Waals surface area contributed by atoms with Gasteiger partial charge in [-0.25, -0.2) is 15.0 Å². The molecule has 3 heteroatoms. The van der Waals surface area contributed by atoms with Gasteiger partial charge in [-0.1, -0.05) is 363 Å². The van der Waals surface area contributed by atoms with Crippen molar-refractivity contribution in [2.45, 2.75) is 55.4 Å². The number of aryl methyl sites for hydroxylation is 6. The summed E-state index contributed by atoms with van der Waals surface area (Å²) in [5.74, 6) is 0. The molecule has 0 radical (unpaired) electrons. The van der Waals surface area contributed by atoms with E-state index in [0.29, 0.717) is 0 Å². The second-order valence-corrected chi connectivity index (χ2v) is 30.3. The summed E-state index contributed by atoms with van der Waals surface area (Å²) in [6.45, 7) is 17.5. The Kier molecular flexibility index (Phi) is 22.7. The van der Waals surface area contributed by atoms with Gasteiger partial charge in [0.2, 0.25) is 0 Å². The van der Waals surface area contributed by atoms with Crippen LogP contribution in [0.15, 0.2) is 406 Å². The van der Waals surface area contributed by atoms with Gasteiger partial charge in [0.1, 0.15) is 0 Å². The third-order valence-corrected chi connectivity index (χ3v) is 22.2. The smallest absolute Gasteiger partial charge is 0.0715 e. The molecule has 0 fully saturated rings. The molecule has 3 heterocycles. The second kappa shape index (κ2) is 34.8. The molecule has 0 unspecified atom stereocenters. The monoisotopic (exact) mass is 1490 g/mol. The fourth-order valence-corrected chi connectivity index (χ4v) is 15.5. The summed E-state index contributed by atoms with van der Waals surface area (Å²) >= 11 is 0. The molecular formula is C113H91N3. The predicted molar refractivity (Wildman–Crippen MR) is 492 cm³/mol. The molecule has 15 aromatic carbocycles. The molecule has 0 N–H and O–H groups in total. The SMILES string of the molecule is Cc1cc(C)c(C)c(-c2cccc(-c3cc(-c4ccc(-c5ccccc5)cc4)cc(-c4ccccc4)n3)c2)c1C.Cc1ccc(C)c(-c2cccc(-c3cc(-c4ccc(-c5ccccc5)cc4)cc(-c4ccccc4)n3)c2)c1.Cc1ccc(C)c(-c2cccc(-c3cc(-c4ccc(-c5ccccc5)cc4)cc(-c4ccccc4)n3)c2)c1. The zero-order chi connectivity index (χ0) is 79.4. The Morgan fingerprint density at radius 3 is 0.638 bits per heavy atom. The lowest BCUT2D eigenvalue weighted by Gasteiger charge is -2.17. The van der Waals surface area contributed by atoms with Crippen molar-refractivity contribution in [2.24, 2.45) is 0 Å². The Labute approximate surface area is 684 Å². The van der Waals surface area contributed by atoms with Crippen LogP contribution in [0.2, 0.25) is 0 Å². The van der Waals surface area contributed by atoms with Gasteiger partial charge in [-0.15, -0.1) is 0 Å². The van der Waals surface area contributed by atoms with Crippen LogP contribution in [0.4, 0.5) is 0 Å². The Balaban J connectivity index is 0.000000131. The van der Waals surface area contributed by atoms with E-state index in [1.807, 2.05) is 12.1 Å². The van der Waals surface area contributed by atoms with Gasteiger partial charge in [0.15, 0.2) is 0 Å². The molecule has 3 aromatic heterocycles. The summed E-state index contributed by atoms with van der Waals surface area (Å²) in [6, 6.07) is 145. The first-order valence-electron chi connectivity index (χ1n) is 40.0. The number of hydrogen-bond acceptors (Lipinski definition) is 3. The van der Waals surface area contributed by atoms with Gasteiger partial charge >= 0.3 is 0 Å². The summed E-state index contributed by atoms with van der Waals surface area (Å²) in [4.78, 5) is 15.5. The first-order chi connectivity index (χ1) is 56.7. The van der Waals surface area contributed by atoms with Gasteiger partial charge in [-0.05, 0) is 244 Å². The average Bonchev–Trinajstić information content (AvgIpc) is 0.791. The van der Waals surface area contributed by atoms with Crippen LogP contribution in [0.25, 0.3) is 168 Å². The van der Waals surface area contributed by atoms with Crippen LogP contribution in [-0.2, 0) is 0 Å². The number of nitrogens with zero attached hydrogens (tertiary/aromatic N) is 3. The molecule has 0 saturated carbocycles. The number of hydrogen-bond donors (Lipinski definition) is 0. The van der Waals surface area contributed by atoms with Crippen LogP contribution in [0.3, 0.4) is 0 Å². The van der Waals surface area contributed by atoms with E-state index >= 15 is 0 Å². The fourth-order valence-electron chi connectivity index (χ4n) is 15.5. The number of aromatic nitrogens is 3. The number of pyridine rings is 3. The maximum absolute atomic E-state index is 5.18. The standard InChI is InChI=1S/C39H33N.2C37H29N/c1-26-22-27(2)29(4)39(28(26)3)35-17-11-16-34(23-35)38-25-36(24-37(40-38)33-14-9-6-10-15-33)32-20-18-31(19-21-32)30-12-7-5-8-13-30;2*1-26-16-17-27(2)35(22-26)32-14-9-15-33(23-32)37-25-34(24-36(38-37)31-12-7-4-8-13-31)30-20-18-29(19-21-30)28-10-5-3-6-11-28/h5-25H,1-4H3;2*3-25H,1-2H3. The molecule has 0 spiro atoms. The zero-order valence-electron chi connectivity index (χ0n) is 67.0. The first-order valence-corrected chi connectivity index (χ1v) is 40.0. The number of rotatable bonds is 15. The second-order valence-electron chi connectivity index (χ2n) is 30.3. The van der Waals surface area contributed by atoms with Crippen LogP contribution < -0.4 is 0 Å². The van der Waals surface area contributed by atoms with Crippen molar-refractivity contribution >= 4 is 0 Å². The molecule has 18 aromatic rings. The quantitative estimate of drug-likeness (QED) is 0.103. The van der Waals surface area contributed by atoms with E-state index in [1.165, 1.54) is 128 Å². The van der Waals surface area contributed by atoms with Gasteiger partial charge in [-0.3, -0.25) is 0 Å². The van der Waals surface area contributed by atoms with Crippen molar-refractivity contribution in [3.8, 4) is 168 Å². The molecule has 0 atom stereocenters. The molecule has 116 heavy (non-hydrogen) atoms. The molecular weight excluding hydrogens is 1400 g/mol. The van der Waals surface area contributed by atoms with Gasteiger partial charge < -0.3 is 0 Å². The van der Waals surface area contributed by atoms with Crippen LogP contribution in [-0.4, -0.2) is 15.0 Å². The van der Waals surface area contributed by atoms with Crippen LogP contribution in [0.1, 0.15) is 44.5 Å². The molecule has 0 aliphatic heterocycles. The topological polar surface area (TPSA) is 38.7 Å². The average molecular weight is 1490 g/mol. The van der Waals surface area contributed by atoms with Crippen molar-refractivity contribution in [1.82, 2.24) is 15.0 Å². The maximum atomic E-state index is 5.18. The molecule has 0 aliphatic rings. The van der Waals surface area contributed by atoms with E-state index in [2.05, 4.69) is 450 Å². The summed E-state index contributed by atoms with van der Waals surface area (Å²) in [5.41, 5.74) is 44.8. The minimum atomic E-state index is 0.973. The minimum Gasteiger partial charge on any atom is -0.248 e. The van der Waals surface area contributed by atoms with E-state index in [4.69, 9.17) is 15.0 Å². The Bertz CT molecular complexity index is 6170. The highest BCUT2D eigenvalue weighted by Crippen LogP contribution is 2.40. The lowest BCUT2D eigenvalue weighted by atomic mass is 9.88. The van der Waals surface area contributed by atoms with E-state index in [-0.39, 0.29) is 0 Å². The van der Waals surface area contributed by atoms with Crippen molar-refractivity contribution in [1.29, 1.82) is 0 Å². The Hall–Kier alpha value is -14.3. The van der Waals surface area contributed by atoms with Crippen LogP contribution in [0.5, 0.6) is 0 Å². The lowest BCUT2D eigenvalue weighted by Crippen LogP contribution is -1.96. The summed E-state index contributed by atoms with van der Waals surface area (Å²) in [6.07, 6.45) is 0. The van der Waals surface area contributed by atoms with Crippen LogP contribution >= 0.6 is 0 Å². The van der Waals surface area contributed by atoms with Crippen LogP contribution in [0, 0.1) is 55.4 Å². The van der Waals surface area contributed by atoms with Crippen molar-refractivity contribution in [2.75, 3.05) is 0 Å². The van der Waals surface area contributed by atoms with Gasteiger partial charge in [0.25, 0.3) is 0 Å². The highest BCUT2D eigenvalue weighted by atomic mass is 14.7. The number of benzene rings is 15.